The van der Waals surface area contributed by atoms with Gasteiger partial charge in [0.2, 0.25) is 0 Å². The van der Waals surface area contributed by atoms with Gasteiger partial charge in [-0.1, -0.05) is 26.7 Å². The Balaban J connectivity index is 0. The van der Waals surface area contributed by atoms with Crippen LogP contribution in [0.25, 0.3) is 0 Å². The summed E-state index contributed by atoms with van der Waals surface area (Å²) in [5.41, 5.74) is 0. The number of rotatable bonds is 1. The molecule has 0 unspecified atom stereocenters. The van der Waals surface area contributed by atoms with Crippen LogP contribution < -0.4 is 0 Å². The fourth-order valence-electron chi connectivity index (χ4n) is 0. The molecule has 0 saturated heterocycles. The third-order valence-electron chi connectivity index (χ3n) is 0.354. The number of hydrogen-bond donors (Lipinski definition) is 0. The van der Waals surface area contributed by atoms with Crippen molar-refractivity contribution < 1.29 is 2.81 Å². The van der Waals surface area contributed by atoms with Gasteiger partial charge in [-0.25, -0.2) is 0 Å². The van der Waals surface area contributed by atoms with Crippen LogP contribution in [0.5, 0.6) is 0 Å². The second-order valence-corrected chi connectivity index (χ2v) is 0.854. The second-order valence-electron chi connectivity index (χ2n) is 0.854. The Bertz CT molecular complexity index is 15.0. The average Bonchev–Trinajstić information content (AvgIpc) is 1.72. The predicted molar refractivity (Wildman–Crippen MR) is 28.1 cm³/mol. The molecule has 1 radical (unpaired) electrons. The van der Waals surface area contributed by atoms with Gasteiger partial charge in [0.25, 0.3) is 0 Å². The van der Waals surface area contributed by atoms with Crippen molar-refractivity contribution in [2.75, 3.05) is 0 Å². The van der Waals surface area contributed by atoms with Crippen LogP contribution in [0.1, 0.15) is 19.8 Å². The summed E-state index contributed by atoms with van der Waals surface area (Å²) in [4.78, 5) is 0. The Labute approximate surface area is 54.4 Å². The van der Waals surface area contributed by atoms with Crippen molar-refractivity contribution in [2.45, 2.75) is 19.8 Å². The predicted octanol–water partition coefficient (Wildman–Crippen LogP) is 0.853. The fourth-order valence-corrected chi connectivity index (χ4v) is 0. The molecule has 0 saturated carbocycles. The number of hydrogen-bond acceptors (Lipinski definition) is 1. The molecular weight excluding hydrogens is 273 g/mol. The summed E-state index contributed by atoms with van der Waals surface area (Å²) in [6.45, 7) is 5.72. The van der Waals surface area contributed by atoms with E-state index in [1.165, 1.54) is 6.42 Å². The van der Waals surface area contributed by atoms with Gasteiger partial charge in [0.1, 0.15) is 0 Å². The molecule has 0 rings (SSSR count). The van der Waals surface area contributed by atoms with Gasteiger partial charge in [-0.05, 0) is 0 Å². The van der Waals surface area contributed by atoms with Gasteiger partial charge < -0.3 is 0 Å². The molecule has 0 aliphatic carbocycles. The Hall–Kier alpha value is 0.683. The molecule has 2 heteroatoms. The summed E-state index contributed by atoms with van der Waals surface area (Å²) in [7, 11) is 0. The van der Waals surface area contributed by atoms with Crippen molar-refractivity contribution in [3.05, 3.63) is 6.92 Å². The van der Waals surface area contributed by atoms with Gasteiger partial charge in [-0.15, -0.1) is 0 Å². The van der Waals surface area contributed by atoms with Crippen LogP contribution in [0.15, 0.2) is 0 Å². The first-order chi connectivity index (χ1) is 2.91. The van der Waals surface area contributed by atoms with Crippen LogP contribution >= 0.6 is 0 Å². The fraction of sp³-hybridized carbons (Fsp3) is 0.750. The van der Waals surface area contributed by atoms with Gasteiger partial charge >= 0.3 is 27.5 Å². The third kappa shape index (κ3) is 22.4. The topological polar surface area (TPSA) is 17.1 Å². The zero-order valence-corrected chi connectivity index (χ0v) is 7.92. The standard InChI is InChI=1S/C4H9.Bi.O.H/c1-3-4-2;;;/h1,3-4H2,2H3;;;. The molecule has 0 aliphatic rings. The van der Waals surface area contributed by atoms with Crippen LogP contribution in [0.2, 0.25) is 0 Å². The molecule has 0 heterocycles. The van der Waals surface area contributed by atoms with Crippen LogP contribution in [-0.2, 0) is 2.81 Å². The first kappa shape index (κ1) is 9.84. The maximum absolute atomic E-state index is 8.39. The Morgan fingerprint density at radius 3 is 1.83 bits per heavy atom. The van der Waals surface area contributed by atoms with Gasteiger partial charge in [0.05, 0.1) is 0 Å². The average molecular weight is 283 g/mol. The maximum atomic E-state index is 8.39. The molecule has 0 aromatic rings. The zero-order valence-electron chi connectivity index (χ0n) is 4.03. The summed E-state index contributed by atoms with van der Waals surface area (Å²) >= 11 is 0.0556. The summed E-state index contributed by atoms with van der Waals surface area (Å²) in [6, 6.07) is 0. The van der Waals surface area contributed by atoms with Crippen LogP contribution in [0.4, 0.5) is 0 Å². The number of unbranched alkanes of at least 4 members (excludes halogenated alkanes) is 1. The first-order valence-corrected chi connectivity index (χ1v) is 3.50. The van der Waals surface area contributed by atoms with Gasteiger partial charge in [0, 0.05) is 0 Å². The normalized spacial score (nSPS) is 5.67. The summed E-state index contributed by atoms with van der Waals surface area (Å²) < 4.78 is 8.39. The van der Waals surface area contributed by atoms with Crippen molar-refractivity contribution in [2.24, 2.45) is 0 Å². The molecule has 0 fully saturated rings. The van der Waals surface area contributed by atoms with E-state index in [1.807, 2.05) is 0 Å². The van der Waals surface area contributed by atoms with E-state index in [0.29, 0.717) is 0 Å². The molecule has 0 spiro atoms. The molecule has 0 N–H and O–H groups in total. The summed E-state index contributed by atoms with van der Waals surface area (Å²) in [5.74, 6) is 0. The first-order valence-electron chi connectivity index (χ1n) is 1.91. The van der Waals surface area contributed by atoms with Gasteiger partial charge in [-0.2, -0.15) is 0 Å². The molecule has 37 valence electrons. The van der Waals surface area contributed by atoms with E-state index >= 15 is 0 Å². The van der Waals surface area contributed by atoms with E-state index in [-0.39, 0.29) is 24.7 Å². The zero-order chi connectivity index (χ0) is 5.41. The Morgan fingerprint density at radius 2 is 1.83 bits per heavy atom. The van der Waals surface area contributed by atoms with E-state index in [1.54, 1.807) is 0 Å². The SMILES string of the molecule is [CH2]CCC.[O]=[BiH]. The van der Waals surface area contributed by atoms with Crippen LogP contribution in [-0.4, -0.2) is 24.7 Å². The molecule has 0 atom stereocenters. The van der Waals surface area contributed by atoms with E-state index < -0.39 is 0 Å². The molecule has 0 aliphatic heterocycles. The minimum absolute atomic E-state index is 0.0556. The minimum atomic E-state index is 0.0556. The molecule has 0 bridgehead atoms. The van der Waals surface area contributed by atoms with Gasteiger partial charge in [0.15, 0.2) is 0 Å². The van der Waals surface area contributed by atoms with Crippen molar-refractivity contribution in [1.82, 2.24) is 0 Å². The molecular formula is C4H10BiO. The van der Waals surface area contributed by atoms with E-state index in [2.05, 4.69) is 13.8 Å². The molecule has 6 heavy (non-hydrogen) atoms. The molecule has 0 aromatic carbocycles. The van der Waals surface area contributed by atoms with Crippen LogP contribution in [0, 0.1) is 6.92 Å². The monoisotopic (exact) mass is 283 g/mol. The Kier molecular flexibility index (Phi) is 28.4. The van der Waals surface area contributed by atoms with Crippen molar-refractivity contribution >= 4 is 24.7 Å². The van der Waals surface area contributed by atoms with E-state index in [0.717, 1.165) is 6.42 Å². The van der Waals surface area contributed by atoms with E-state index in [4.69, 9.17) is 2.81 Å². The molecule has 0 amide bonds. The summed E-state index contributed by atoms with van der Waals surface area (Å²) in [6.07, 6.45) is 2.28. The quantitative estimate of drug-likeness (QED) is 0.652. The third-order valence-corrected chi connectivity index (χ3v) is 0.354. The molecule has 1 nitrogen and oxygen atoms in total. The van der Waals surface area contributed by atoms with Gasteiger partial charge in [-0.3, -0.25) is 0 Å². The van der Waals surface area contributed by atoms with Crippen molar-refractivity contribution in [3.63, 3.8) is 0 Å². The van der Waals surface area contributed by atoms with E-state index in [9.17, 15) is 0 Å². The van der Waals surface area contributed by atoms with Crippen LogP contribution in [0.3, 0.4) is 0 Å². The second kappa shape index (κ2) is 17.3. The van der Waals surface area contributed by atoms with Crippen molar-refractivity contribution in [3.8, 4) is 0 Å². The van der Waals surface area contributed by atoms with Crippen molar-refractivity contribution in [1.29, 1.82) is 0 Å². The molecule has 0 aromatic heterocycles. The summed E-state index contributed by atoms with van der Waals surface area (Å²) in [5, 5.41) is 0. The Morgan fingerprint density at radius 1 is 1.67 bits per heavy atom.